The van der Waals surface area contributed by atoms with Crippen molar-refractivity contribution in [1.82, 2.24) is 15.3 Å². The van der Waals surface area contributed by atoms with Gasteiger partial charge in [0, 0.05) is 18.9 Å². The highest BCUT2D eigenvalue weighted by Crippen LogP contribution is 2.08. The summed E-state index contributed by atoms with van der Waals surface area (Å²) in [6.07, 6.45) is 5.65. The molecule has 1 heterocycles. The summed E-state index contributed by atoms with van der Waals surface area (Å²) in [7, 11) is 0. The molecule has 0 aliphatic carbocycles. The summed E-state index contributed by atoms with van der Waals surface area (Å²) in [4.78, 5) is 19.8. The van der Waals surface area contributed by atoms with E-state index in [-0.39, 0.29) is 0 Å². The van der Waals surface area contributed by atoms with Crippen LogP contribution in [0.15, 0.2) is 24.0 Å². The van der Waals surface area contributed by atoms with E-state index in [2.05, 4.69) is 15.3 Å². The molecule has 19 heavy (non-hydrogen) atoms. The number of amides is 1. The van der Waals surface area contributed by atoms with Gasteiger partial charge < -0.3 is 10.1 Å². The number of nitrogens with zero attached hydrogens (tertiary/aromatic N) is 2. The Labute approximate surface area is 114 Å². The first-order chi connectivity index (χ1) is 8.90. The second-order valence-electron chi connectivity index (χ2n) is 5.12. The van der Waals surface area contributed by atoms with Crippen LogP contribution in [0.5, 0.6) is 0 Å². The summed E-state index contributed by atoms with van der Waals surface area (Å²) < 4.78 is 5.17. The lowest BCUT2D eigenvalue weighted by Gasteiger charge is -2.20. The van der Waals surface area contributed by atoms with E-state index in [0.29, 0.717) is 12.4 Å². The van der Waals surface area contributed by atoms with Crippen molar-refractivity contribution in [3.63, 3.8) is 0 Å². The van der Waals surface area contributed by atoms with Crippen LogP contribution >= 0.6 is 0 Å². The van der Waals surface area contributed by atoms with Crippen LogP contribution in [0.1, 0.15) is 39.9 Å². The number of carbonyl (C=O) groups is 1. The number of hydrogen-bond acceptors (Lipinski definition) is 4. The van der Waals surface area contributed by atoms with Gasteiger partial charge in [-0.1, -0.05) is 6.92 Å². The lowest BCUT2D eigenvalue weighted by Crippen LogP contribution is -2.33. The van der Waals surface area contributed by atoms with Gasteiger partial charge in [0.25, 0.3) is 0 Å². The second-order valence-corrected chi connectivity index (χ2v) is 5.12. The highest BCUT2D eigenvalue weighted by atomic mass is 16.6. The highest BCUT2D eigenvalue weighted by molar-refractivity contribution is 5.68. The van der Waals surface area contributed by atoms with Gasteiger partial charge in [0.15, 0.2) is 5.82 Å². The lowest BCUT2D eigenvalue weighted by atomic mass is 10.2. The fourth-order valence-electron chi connectivity index (χ4n) is 1.35. The summed E-state index contributed by atoms with van der Waals surface area (Å²) in [5.41, 5.74) is 0.556. The van der Waals surface area contributed by atoms with Crippen LogP contribution in [-0.2, 0) is 4.74 Å². The van der Waals surface area contributed by atoms with Crippen molar-refractivity contribution in [1.29, 1.82) is 0 Å². The van der Waals surface area contributed by atoms with E-state index in [9.17, 15) is 4.79 Å². The van der Waals surface area contributed by atoms with Crippen molar-refractivity contribution in [2.24, 2.45) is 0 Å². The minimum absolute atomic E-state index is 0.416. The second kappa shape index (κ2) is 6.87. The van der Waals surface area contributed by atoms with Gasteiger partial charge in [0.2, 0.25) is 0 Å². The Balaban J connectivity index is 2.54. The molecule has 0 spiro atoms. The Morgan fingerprint density at radius 2 is 2.00 bits per heavy atom. The van der Waals surface area contributed by atoms with E-state index >= 15 is 0 Å². The lowest BCUT2D eigenvalue weighted by molar-refractivity contribution is 0.0532. The van der Waals surface area contributed by atoms with Gasteiger partial charge in [0.1, 0.15) is 5.60 Å². The summed E-state index contributed by atoms with van der Waals surface area (Å²) >= 11 is 0. The topological polar surface area (TPSA) is 64.1 Å². The Morgan fingerprint density at radius 3 is 2.53 bits per heavy atom. The van der Waals surface area contributed by atoms with Gasteiger partial charge in [-0.25, -0.2) is 14.8 Å². The molecule has 1 aromatic rings. The smallest absolute Gasteiger partial charge is 0.407 e. The van der Waals surface area contributed by atoms with Crippen LogP contribution in [0, 0.1) is 0 Å². The van der Waals surface area contributed by atoms with Crippen LogP contribution in [-0.4, -0.2) is 28.2 Å². The first-order valence-electron chi connectivity index (χ1n) is 6.34. The number of ether oxygens (including phenoxy) is 1. The fraction of sp³-hybridized carbons (Fsp3) is 0.500. The Hall–Kier alpha value is -1.91. The summed E-state index contributed by atoms with van der Waals surface area (Å²) in [6.45, 7) is 7.96. The molecule has 1 amide bonds. The predicted octanol–water partition coefficient (Wildman–Crippen LogP) is 2.79. The maximum Gasteiger partial charge on any atom is 0.407 e. The zero-order chi connectivity index (χ0) is 14.3. The number of nitrogens with one attached hydrogen (secondary N) is 1. The highest BCUT2D eigenvalue weighted by Gasteiger charge is 2.15. The minimum atomic E-state index is -0.483. The number of aromatic nitrogens is 2. The van der Waals surface area contributed by atoms with Gasteiger partial charge in [0.05, 0.1) is 0 Å². The quantitative estimate of drug-likeness (QED) is 0.907. The van der Waals surface area contributed by atoms with Crippen LogP contribution in [0.2, 0.25) is 0 Å². The molecule has 1 aromatic heterocycles. The van der Waals surface area contributed by atoms with E-state index in [1.807, 2.05) is 33.8 Å². The van der Waals surface area contributed by atoms with E-state index in [4.69, 9.17) is 4.74 Å². The molecule has 5 nitrogen and oxygen atoms in total. The molecule has 104 valence electrons. The summed E-state index contributed by atoms with van der Waals surface area (Å²) in [5, 5.41) is 2.73. The van der Waals surface area contributed by atoms with E-state index < -0.39 is 11.7 Å². The molecule has 0 saturated heterocycles. The third-order valence-electron chi connectivity index (χ3n) is 2.23. The molecule has 0 unspecified atom stereocenters. The largest absolute Gasteiger partial charge is 0.444 e. The van der Waals surface area contributed by atoms with Gasteiger partial charge in [-0.3, -0.25) is 0 Å². The standard InChI is InChI=1S/C14H21N3O2/c1-5-11(9-12-15-7-6-8-16-12)10-17-13(18)19-14(2,3)4/h6-9H,5,10H2,1-4H3,(H,17,18)/b11-9+. The van der Waals surface area contributed by atoms with Gasteiger partial charge in [-0.15, -0.1) is 0 Å². The van der Waals surface area contributed by atoms with Crippen molar-refractivity contribution >= 4 is 12.2 Å². The molecule has 0 atom stereocenters. The van der Waals surface area contributed by atoms with Crippen molar-refractivity contribution in [3.05, 3.63) is 29.9 Å². The first-order valence-corrected chi connectivity index (χ1v) is 6.34. The number of rotatable bonds is 4. The van der Waals surface area contributed by atoms with Crippen molar-refractivity contribution in [2.75, 3.05) is 6.54 Å². The maximum absolute atomic E-state index is 11.5. The SMILES string of the molecule is CC/C(=C\c1ncccn1)CNC(=O)OC(C)(C)C. The Kier molecular flexibility index (Phi) is 5.48. The first kappa shape index (κ1) is 15.1. The molecule has 5 heteroatoms. The Bertz CT molecular complexity index is 436. The van der Waals surface area contributed by atoms with E-state index in [1.165, 1.54) is 0 Å². The van der Waals surface area contributed by atoms with Gasteiger partial charge in [-0.05, 0) is 44.9 Å². The van der Waals surface area contributed by atoms with Crippen LogP contribution in [0.25, 0.3) is 6.08 Å². The molecule has 0 bridgehead atoms. The summed E-state index contributed by atoms with van der Waals surface area (Å²) in [6, 6.07) is 1.77. The average Bonchev–Trinajstić information content (AvgIpc) is 2.33. The molecule has 0 saturated carbocycles. The molecule has 1 rings (SSSR count). The molecule has 0 aliphatic heterocycles. The van der Waals surface area contributed by atoms with Crippen LogP contribution < -0.4 is 5.32 Å². The molecular formula is C14H21N3O2. The Morgan fingerprint density at radius 1 is 1.37 bits per heavy atom. The van der Waals surface area contributed by atoms with Crippen LogP contribution in [0.4, 0.5) is 4.79 Å². The molecule has 1 N–H and O–H groups in total. The zero-order valence-corrected chi connectivity index (χ0v) is 11.9. The zero-order valence-electron chi connectivity index (χ0n) is 11.9. The predicted molar refractivity (Wildman–Crippen MR) is 74.5 cm³/mol. The number of carbonyl (C=O) groups excluding carboxylic acids is 1. The van der Waals surface area contributed by atoms with Crippen molar-refractivity contribution < 1.29 is 9.53 Å². The van der Waals surface area contributed by atoms with E-state index in [1.54, 1.807) is 18.5 Å². The third-order valence-corrected chi connectivity index (χ3v) is 2.23. The maximum atomic E-state index is 11.5. The van der Waals surface area contributed by atoms with Crippen molar-refractivity contribution in [2.45, 2.75) is 39.7 Å². The van der Waals surface area contributed by atoms with E-state index in [0.717, 1.165) is 12.0 Å². The molecule has 0 fully saturated rings. The van der Waals surface area contributed by atoms with Gasteiger partial charge in [-0.2, -0.15) is 0 Å². The molecular weight excluding hydrogens is 242 g/mol. The minimum Gasteiger partial charge on any atom is -0.444 e. The molecule has 0 aromatic carbocycles. The average molecular weight is 263 g/mol. The third kappa shape index (κ3) is 6.55. The normalized spacial score (nSPS) is 12.1. The summed E-state index contributed by atoms with van der Waals surface area (Å²) in [5.74, 6) is 0.644. The molecule has 0 radical (unpaired) electrons. The monoisotopic (exact) mass is 263 g/mol. The number of hydrogen-bond donors (Lipinski definition) is 1. The number of alkyl carbamates (subject to hydrolysis) is 1. The fourth-order valence-corrected chi connectivity index (χ4v) is 1.35. The molecule has 0 aliphatic rings. The van der Waals surface area contributed by atoms with Gasteiger partial charge >= 0.3 is 6.09 Å². The van der Waals surface area contributed by atoms with Crippen LogP contribution in [0.3, 0.4) is 0 Å². The van der Waals surface area contributed by atoms with Crippen molar-refractivity contribution in [3.8, 4) is 0 Å².